The lowest BCUT2D eigenvalue weighted by Gasteiger charge is -2.17. The Kier molecular flexibility index (Phi) is 5.40. The first kappa shape index (κ1) is 12.6. The van der Waals surface area contributed by atoms with Crippen LogP contribution in [0.1, 0.15) is 26.7 Å². The van der Waals surface area contributed by atoms with Gasteiger partial charge in [-0.2, -0.15) is 0 Å². The molecule has 1 atom stereocenters. The number of anilines is 1. The summed E-state index contributed by atoms with van der Waals surface area (Å²) in [4.78, 5) is 11.3. The molecule has 0 radical (unpaired) electrons. The number of carbonyl (C=O) groups is 1. The van der Waals surface area contributed by atoms with Gasteiger partial charge in [-0.3, -0.25) is 4.79 Å². The number of ether oxygens (including phenoxy) is 1. The number of rotatable bonds is 6. The summed E-state index contributed by atoms with van der Waals surface area (Å²) in [6.07, 6.45) is 1.31. The molecule has 0 aliphatic carbocycles. The lowest BCUT2D eigenvalue weighted by atomic mass is 10.1. The molecule has 88 valence electrons. The standard InChI is InChI=1S/C13H19NO2/c1-3-11(10-13(15)16-4-2)14-12-8-6-5-7-9-12/h5-9,11,14H,3-4,10H2,1-2H3/t11-/m0/s1. The summed E-state index contributed by atoms with van der Waals surface area (Å²) >= 11 is 0. The van der Waals surface area contributed by atoms with Crippen molar-refractivity contribution in [2.24, 2.45) is 0 Å². The summed E-state index contributed by atoms with van der Waals surface area (Å²) in [6.45, 7) is 4.32. The summed E-state index contributed by atoms with van der Waals surface area (Å²) in [6, 6.07) is 10.0. The quantitative estimate of drug-likeness (QED) is 0.751. The molecule has 0 saturated carbocycles. The summed E-state index contributed by atoms with van der Waals surface area (Å²) in [5.41, 5.74) is 1.04. The third-order valence-corrected chi connectivity index (χ3v) is 2.36. The average molecular weight is 221 g/mol. The molecule has 3 nitrogen and oxygen atoms in total. The van der Waals surface area contributed by atoms with Crippen LogP contribution >= 0.6 is 0 Å². The first-order chi connectivity index (χ1) is 7.76. The topological polar surface area (TPSA) is 38.3 Å². The van der Waals surface area contributed by atoms with Crippen molar-refractivity contribution in [1.29, 1.82) is 0 Å². The van der Waals surface area contributed by atoms with Crippen LogP contribution < -0.4 is 5.32 Å². The molecule has 1 rings (SSSR count). The van der Waals surface area contributed by atoms with Crippen molar-refractivity contribution in [2.75, 3.05) is 11.9 Å². The van der Waals surface area contributed by atoms with Crippen LogP contribution in [0.5, 0.6) is 0 Å². The van der Waals surface area contributed by atoms with Gasteiger partial charge in [0.25, 0.3) is 0 Å². The third-order valence-electron chi connectivity index (χ3n) is 2.36. The van der Waals surface area contributed by atoms with Crippen LogP contribution in [0.4, 0.5) is 5.69 Å². The van der Waals surface area contributed by atoms with Gasteiger partial charge in [-0.25, -0.2) is 0 Å². The molecule has 0 aliphatic rings. The maximum absolute atomic E-state index is 11.3. The number of esters is 1. The molecule has 1 aromatic carbocycles. The summed E-state index contributed by atoms with van der Waals surface area (Å²) < 4.78 is 4.93. The highest BCUT2D eigenvalue weighted by molar-refractivity contribution is 5.70. The van der Waals surface area contributed by atoms with Crippen LogP contribution in [-0.2, 0) is 9.53 Å². The molecule has 0 heterocycles. The fourth-order valence-electron chi connectivity index (χ4n) is 1.49. The second kappa shape index (κ2) is 6.88. The number of hydrogen-bond acceptors (Lipinski definition) is 3. The number of nitrogens with one attached hydrogen (secondary N) is 1. The van der Waals surface area contributed by atoms with E-state index in [-0.39, 0.29) is 12.0 Å². The summed E-state index contributed by atoms with van der Waals surface area (Å²) in [5.74, 6) is -0.141. The minimum absolute atomic E-state index is 0.140. The highest BCUT2D eigenvalue weighted by atomic mass is 16.5. The van der Waals surface area contributed by atoms with Gasteiger partial charge >= 0.3 is 5.97 Å². The Balaban J connectivity index is 2.46. The Morgan fingerprint density at radius 1 is 1.31 bits per heavy atom. The number of para-hydroxylation sites is 1. The van der Waals surface area contributed by atoms with E-state index in [0.717, 1.165) is 12.1 Å². The van der Waals surface area contributed by atoms with E-state index in [1.54, 1.807) is 0 Å². The molecule has 0 fully saturated rings. The molecule has 1 aromatic rings. The van der Waals surface area contributed by atoms with Crippen LogP contribution in [0.3, 0.4) is 0 Å². The zero-order valence-electron chi connectivity index (χ0n) is 9.90. The molecule has 1 N–H and O–H groups in total. The van der Waals surface area contributed by atoms with E-state index in [1.165, 1.54) is 0 Å². The van der Waals surface area contributed by atoms with Gasteiger partial charge in [-0.15, -0.1) is 0 Å². The largest absolute Gasteiger partial charge is 0.466 e. The van der Waals surface area contributed by atoms with Crippen LogP contribution in [0.2, 0.25) is 0 Å². The molecule has 0 spiro atoms. The van der Waals surface area contributed by atoms with Gasteiger partial charge in [-0.1, -0.05) is 25.1 Å². The van der Waals surface area contributed by atoms with Crippen molar-refractivity contribution in [1.82, 2.24) is 0 Å². The number of hydrogen-bond donors (Lipinski definition) is 1. The van der Waals surface area contributed by atoms with Crippen molar-refractivity contribution >= 4 is 11.7 Å². The molecule has 0 amide bonds. The monoisotopic (exact) mass is 221 g/mol. The minimum Gasteiger partial charge on any atom is -0.466 e. The Bertz CT molecular complexity index is 311. The lowest BCUT2D eigenvalue weighted by Crippen LogP contribution is -2.23. The molecule has 0 aromatic heterocycles. The average Bonchev–Trinajstić information content (AvgIpc) is 2.30. The van der Waals surface area contributed by atoms with Crippen molar-refractivity contribution in [3.05, 3.63) is 30.3 Å². The molecule has 0 saturated heterocycles. The Morgan fingerprint density at radius 3 is 2.56 bits per heavy atom. The summed E-state index contributed by atoms with van der Waals surface area (Å²) in [7, 11) is 0. The fraction of sp³-hybridized carbons (Fsp3) is 0.462. The van der Waals surface area contributed by atoms with Crippen LogP contribution in [0.15, 0.2) is 30.3 Å². The van der Waals surface area contributed by atoms with E-state index >= 15 is 0 Å². The van der Waals surface area contributed by atoms with Gasteiger partial charge in [0.1, 0.15) is 0 Å². The van der Waals surface area contributed by atoms with E-state index in [4.69, 9.17) is 4.74 Å². The van der Waals surface area contributed by atoms with Crippen LogP contribution in [-0.4, -0.2) is 18.6 Å². The first-order valence-corrected chi connectivity index (χ1v) is 5.73. The smallest absolute Gasteiger partial charge is 0.307 e. The predicted molar refractivity (Wildman–Crippen MR) is 65.4 cm³/mol. The van der Waals surface area contributed by atoms with E-state index in [1.807, 2.05) is 37.3 Å². The zero-order chi connectivity index (χ0) is 11.8. The van der Waals surface area contributed by atoms with Crippen molar-refractivity contribution in [2.45, 2.75) is 32.7 Å². The van der Waals surface area contributed by atoms with Crippen LogP contribution in [0.25, 0.3) is 0 Å². The van der Waals surface area contributed by atoms with E-state index in [2.05, 4.69) is 12.2 Å². The lowest BCUT2D eigenvalue weighted by molar-refractivity contribution is -0.143. The van der Waals surface area contributed by atoms with E-state index in [0.29, 0.717) is 13.0 Å². The minimum atomic E-state index is -0.141. The maximum atomic E-state index is 11.3. The molecule has 0 unspecified atom stereocenters. The highest BCUT2D eigenvalue weighted by Crippen LogP contribution is 2.11. The first-order valence-electron chi connectivity index (χ1n) is 5.73. The second-order valence-electron chi connectivity index (χ2n) is 3.62. The Labute approximate surface area is 96.8 Å². The highest BCUT2D eigenvalue weighted by Gasteiger charge is 2.12. The number of benzene rings is 1. The Morgan fingerprint density at radius 2 is 2.00 bits per heavy atom. The second-order valence-corrected chi connectivity index (χ2v) is 3.62. The fourth-order valence-corrected chi connectivity index (χ4v) is 1.49. The van der Waals surface area contributed by atoms with Gasteiger partial charge in [0.15, 0.2) is 0 Å². The third kappa shape index (κ3) is 4.34. The maximum Gasteiger partial charge on any atom is 0.307 e. The molecule has 16 heavy (non-hydrogen) atoms. The van der Waals surface area contributed by atoms with Gasteiger partial charge in [0.05, 0.1) is 13.0 Å². The van der Waals surface area contributed by atoms with E-state index < -0.39 is 0 Å². The Hall–Kier alpha value is -1.51. The van der Waals surface area contributed by atoms with Crippen molar-refractivity contribution < 1.29 is 9.53 Å². The molecule has 0 bridgehead atoms. The summed E-state index contributed by atoms with van der Waals surface area (Å²) in [5, 5.41) is 3.32. The van der Waals surface area contributed by atoms with Crippen molar-refractivity contribution in [3.8, 4) is 0 Å². The van der Waals surface area contributed by atoms with E-state index in [9.17, 15) is 4.79 Å². The molecule has 3 heteroatoms. The number of carbonyl (C=O) groups excluding carboxylic acids is 1. The van der Waals surface area contributed by atoms with Gasteiger partial charge in [0, 0.05) is 11.7 Å². The normalized spacial score (nSPS) is 11.9. The van der Waals surface area contributed by atoms with Gasteiger partial charge < -0.3 is 10.1 Å². The van der Waals surface area contributed by atoms with Crippen molar-refractivity contribution in [3.63, 3.8) is 0 Å². The predicted octanol–water partition coefficient (Wildman–Crippen LogP) is 2.83. The SMILES string of the molecule is CCOC(=O)C[C@H](CC)Nc1ccccc1. The molecule has 0 aliphatic heterocycles. The van der Waals surface area contributed by atoms with Gasteiger partial charge in [0.2, 0.25) is 0 Å². The molecular formula is C13H19NO2. The molecular weight excluding hydrogens is 202 g/mol. The van der Waals surface area contributed by atoms with Crippen LogP contribution in [0, 0.1) is 0 Å². The van der Waals surface area contributed by atoms with Gasteiger partial charge in [-0.05, 0) is 25.5 Å². The zero-order valence-corrected chi connectivity index (χ0v) is 9.90.